The average molecular weight is 262 g/mol. The summed E-state index contributed by atoms with van der Waals surface area (Å²) in [5.74, 6) is 1.68. The van der Waals surface area contributed by atoms with Crippen LogP contribution in [-0.2, 0) is 0 Å². The Bertz CT molecular complexity index is 608. The van der Waals surface area contributed by atoms with Crippen molar-refractivity contribution in [1.29, 1.82) is 0 Å². The van der Waals surface area contributed by atoms with E-state index in [2.05, 4.69) is 66.8 Å². The topological polar surface area (TPSA) is 9.23 Å². The van der Waals surface area contributed by atoms with Crippen molar-refractivity contribution in [1.82, 2.24) is 0 Å². The first-order valence-corrected chi connectivity index (χ1v) is 6.92. The molecule has 0 spiro atoms. The van der Waals surface area contributed by atoms with E-state index >= 15 is 0 Å². The molecular formula is C19H18O. The molecule has 0 heterocycles. The fourth-order valence-corrected chi connectivity index (χ4v) is 2.75. The molecule has 0 aromatic heterocycles. The molecule has 0 aliphatic heterocycles. The fraction of sp³-hybridized carbons (Fsp3) is 0.158. The van der Waals surface area contributed by atoms with E-state index in [-0.39, 0.29) is 0 Å². The lowest BCUT2D eigenvalue weighted by molar-refractivity contribution is 0.414. The van der Waals surface area contributed by atoms with Crippen LogP contribution in [0.1, 0.15) is 23.0 Å². The second-order valence-electron chi connectivity index (χ2n) is 5.01. The first-order chi connectivity index (χ1) is 9.88. The summed E-state index contributed by atoms with van der Waals surface area (Å²) < 4.78 is 5.24. The van der Waals surface area contributed by atoms with E-state index in [4.69, 9.17) is 4.74 Å². The first kappa shape index (κ1) is 12.7. The van der Waals surface area contributed by atoms with E-state index in [1.165, 1.54) is 11.1 Å². The Balaban J connectivity index is 1.93. The van der Waals surface area contributed by atoms with Crippen molar-refractivity contribution in [2.75, 3.05) is 7.11 Å². The summed E-state index contributed by atoms with van der Waals surface area (Å²) in [5, 5.41) is 0. The third-order valence-corrected chi connectivity index (χ3v) is 3.82. The number of rotatable bonds is 3. The molecule has 1 heteroatoms. The summed E-state index contributed by atoms with van der Waals surface area (Å²) in [4.78, 5) is 0. The second kappa shape index (κ2) is 5.79. The van der Waals surface area contributed by atoms with Gasteiger partial charge in [-0.2, -0.15) is 0 Å². The van der Waals surface area contributed by atoms with Crippen molar-refractivity contribution in [3.8, 4) is 5.75 Å². The maximum absolute atomic E-state index is 5.24. The normalized spacial score (nSPS) is 20.9. The van der Waals surface area contributed by atoms with Gasteiger partial charge in [-0.3, -0.25) is 0 Å². The monoisotopic (exact) mass is 262 g/mol. The van der Waals surface area contributed by atoms with Crippen molar-refractivity contribution >= 4 is 0 Å². The van der Waals surface area contributed by atoms with Crippen LogP contribution >= 0.6 is 0 Å². The molecule has 2 aromatic rings. The molecule has 100 valence electrons. The Morgan fingerprint density at radius 1 is 0.700 bits per heavy atom. The molecule has 2 aromatic carbocycles. The lowest BCUT2D eigenvalue weighted by Crippen LogP contribution is -2.09. The van der Waals surface area contributed by atoms with Crippen LogP contribution in [0.5, 0.6) is 5.75 Å². The second-order valence-corrected chi connectivity index (χ2v) is 5.01. The summed E-state index contributed by atoms with van der Waals surface area (Å²) in [6.45, 7) is 0. The van der Waals surface area contributed by atoms with Gasteiger partial charge < -0.3 is 4.74 Å². The summed E-state index contributed by atoms with van der Waals surface area (Å²) in [6.07, 6.45) is 8.83. The van der Waals surface area contributed by atoms with E-state index in [1.807, 2.05) is 12.1 Å². The molecule has 0 radical (unpaired) electrons. The highest BCUT2D eigenvalue weighted by atomic mass is 16.5. The zero-order valence-corrected chi connectivity index (χ0v) is 11.6. The van der Waals surface area contributed by atoms with Crippen molar-refractivity contribution in [3.05, 3.63) is 90.0 Å². The van der Waals surface area contributed by atoms with Gasteiger partial charge in [-0.1, -0.05) is 66.8 Å². The van der Waals surface area contributed by atoms with E-state index in [0.29, 0.717) is 11.8 Å². The predicted molar refractivity (Wildman–Crippen MR) is 83.2 cm³/mol. The molecule has 2 atom stereocenters. The highest BCUT2D eigenvalue weighted by Crippen LogP contribution is 2.37. The highest BCUT2D eigenvalue weighted by molar-refractivity contribution is 5.40. The molecule has 0 amide bonds. The van der Waals surface area contributed by atoms with Crippen LogP contribution in [-0.4, -0.2) is 7.11 Å². The van der Waals surface area contributed by atoms with Gasteiger partial charge >= 0.3 is 0 Å². The Morgan fingerprint density at radius 2 is 1.25 bits per heavy atom. The molecule has 20 heavy (non-hydrogen) atoms. The number of ether oxygens (including phenoxy) is 1. The minimum atomic E-state index is 0.383. The minimum absolute atomic E-state index is 0.383. The molecule has 0 fully saturated rings. The Hall–Kier alpha value is -2.28. The van der Waals surface area contributed by atoms with E-state index in [1.54, 1.807) is 7.11 Å². The number of hydrogen-bond donors (Lipinski definition) is 0. The van der Waals surface area contributed by atoms with Gasteiger partial charge in [0.2, 0.25) is 0 Å². The highest BCUT2D eigenvalue weighted by Gasteiger charge is 2.21. The van der Waals surface area contributed by atoms with Crippen LogP contribution in [0.25, 0.3) is 0 Å². The zero-order chi connectivity index (χ0) is 13.8. The number of allylic oxidation sites excluding steroid dienone is 4. The maximum atomic E-state index is 5.24. The first-order valence-electron chi connectivity index (χ1n) is 6.92. The Kier molecular flexibility index (Phi) is 3.69. The van der Waals surface area contributed by atoms with E-state index in [9.17, 15) is 0 Å². The molecule has 3 rings (SSSR count). The van der Waals surface area contributed by atoms with Gasteiger partial charge in [0.1, 0.15) is 5.75 Å². The zero-order valence-electron chi connectivity index (χ0n) is 11.6. The fourth-order valence-electron chi connectivity index (χ4n) is 2.75. The largest absolute Gasteiger partial charge is 0.497 e. The van der Waals surface area contributed by atoms with Gasteiger partial charge in [-0.05, 0) is 23.3 Å². The maximum Gasteiger partial charge on any atom is 0.118 e. The van der Waals surface area contributed by atoms with Gasteiger partial charge in [0.25, 0.3) is 0 Å². The minimum Gasteiger partial charge on any atom is -0.497 e. The smallest absolute Gasteiger partial charge is 0.118 e. The van der Waals surface area contributed by atoms with E-state index in [0.717, 1.165) is 5.75 Å². The standard InChI is InChI=1S/C19H18O/c1-20-17-13-11-16(12-14-17)19-10-6-5-9-18(19)15-7-3-2-4-8-15/h2-14,18-19H,1H3. The molecule has 0 N–H and O–H groups in total. The number of methoxy groups -OCH3 is 1. The lowest BCUT2D eigenvalue weighted by Gasteiger charge is -2.25. The molecule has 0 saturated carbocycles. The van der Waals surface area contributed by atoms with Crippen LogP contribution < -0.4 is 4.74 Å². The lowest BCUT2D eigenvalue weighted by atomic mass is 9.79. The summed E-state index contributed by atoms with van der Waals surface area (Å²) in [5.41, 5.74) is 2.68. The van der Waals surface area contributed by atoms with Crippen molar-refractivity contribution in [2.45, 2.75) is 11.8 Å². The predicted octanol–water partition coefficient (Wildman–Crippen LogP) is 4.69. The SMILES string of the molecule is COc1ccc(C2C=CC=CC2c2ccccc2)cc1. The Morgan fingerprint density at radius 3 is 1.80 bits per heavy atom. The quantitative estimate of drug-likeness (QED) is 0.779. The number of benzene rings is 2. The van der Waals surface area contributed by atoms with Gasteiger partial charge in [0.15, 0.2) is 0 Å². The Labute approximate surface area is 120 Å². The third kappa shape index (κ3) is 2.53. The van der Waals surface area contributed by atoms with Crippen molar-refractivity contribution < 1.29 is 4.74 Å². The van der Waals surface area contributed by atoms with E-state index < -0.39 is 0 Å². The molecule has 0 bridgehead atoms. The molecule has 0 saturated heterocycles. The van der Waals surface area contributed by atoms with Crippen molar-refractivity contribution in [2.24, 2.45) is 0 Å². The third-order valence-electron chi connectivity index (χ3n) is 3.82. The summed E-state index contributed by atoms with van der Waals surface area (Å²) in [7, 11) is 1.70. The van der Waals surface area contributed by atoms with Crippen LogP contribution in [0.3, 0.4) is 0 Å². The summed E-state index contributed by atoms with van der Waals surface area (Å²) >= 11 is 0. The van der Waals surface area contributed by atoms with Gasteiger partial charge in [-0.15, -0.1) is 0 Å². The number of hydrogen-bond acceptors (Lipinski definition) is 1. The van der Waals surface area contributed by atoms with Crippen LogP contribution in [0, 0.1) is 0 Å². The van der Waals surface area contributed by atoms with Crippen LogP contribution in [0.15, 0.2) is 78.9 Å². The molecule has 2 unspecified atom stereocenters. The average Bonchev–Trinajstić information content (AvgIpc) is 2.56. The summed E-state index contributed by atoms with van der Waals surface area (Å²) in [6, 6.07) is 19.0. The van der Waals surface area contributed by atoms with Gasteiger partial charge in [-0.25, -0.2) is 0 Å². The van der Waals surface area contributed by atoms with Crippen LogP contribution in [0.2, 0.25) is 0 Å². The molecule has 1 aliphatic rings. The van der Waals surface area contributed by atoms with Crippen molar-refractivity contribution in [3.63, 3.8) is 0 Å². The van der Waals surface area contributed by atoms with Gasteiger partial charge in [0, 0.05) is 11.8 Å². The molecule has 1 nitrogen and oxygen atoms in total. The molecular weight excluding hydrogens is 244 g/mol. The molecule has 1 aliphatic carbocycles. The van der Waals surface area contributed by atoms with Gasteiger partial charge in [0.05, 0.1) is 7.11 Å². The van der Waals surface area contributed by atoms with Crippen LogP contribution in [0.4, 0.5) is 0 Å².